The van der Waals surface area contributed by atoms with Gasteiger partial charge >= 0.3 is 0 Å². The summed E-state index contributed by atoms with van der Waals surface area (Å²) in [5.74, 6) is 3.26. The van der Waals surface area contributed by atoms with E-state index < -0.39 is 10.8 Å². The molecule has 0 heterocycles. The van der Waals surface area contributed by atoms with E-state index in [1.807, 2.05) is 35.9 Å². The molecule has 0 N–H and O–H groups in total. The number of fused-ring (bicyclic) bond motifs is 8. The molecule has 5 rings (SSSR count). The van der Waals surface area contributed by atoms with E-state index in [1.54, 1.807) is 5.57 Å². The van der Waals surface area contributed by atoms with Crippen LogP contribution in [0.4, 0.5) is 0 Å². The van der Waals surface area contributed by atoms with Gasteiger partial charge in [-0.3, -0.25) is 4.21 Å². The molecule has 2 heteroatoms. The molecule has 1 aromatic carbocycles. The maximum atomic E-state index is 12.9. The maximum absolute atomic E-state index is 12.9. The number of rotatable bonds is 2. The largest absolute Gasteiger partial charge is 0.254 e. The molecule has 2 saturated carbocycles. The fourth-order valence-corrected chi connectivity index (χ4v) is 7.39. The molecule has 0 aromatic heterocycles. The van der Waals surface area contributed by atoms with Gasteiger partial charge in [0.2, 0.25) is 0 Å². The highest BCUT2D eigenvalue weighted by atomic mass is 32.2. The van der Waals surface area contributed by atoms with Crippen molar-refractivity contribution in [3.05, 3.63) is 41.5 Å². The Balaban J connectivity index is 1.49. The summed E-state index contributed by atoms with van der Waals surface area (Å²) in [5, 5.41) is 0.403. The third kappa shape index (κ3) is 1.41. The third-order valence-electron chi connectivity index (χ3n) is 6.24. The summed E-state index contributed by atoms with van der Waals surface area (Å²) in [4.78, 5) is 1.04. The zero-order valence-corrected chi connectivity index (χ0v) is 12.4. The molecule has 0 spiro atoms. The van der Waals surface area contributed by atoms with Crippen molar-refractivity contribution in [2.75, 3.05) is 0 Å². The minimum Gasteiger partial charge on any atom is -0.254 e. The lowest BCUT2D eigenvalue weighted by Crippen LogP contribution is -2.27. The van der Waals surface area contributed by atoms with Crippen LogP contribution in [0, 0.1) is 23.7 Å². The summed E-state index contributed by atoms with van der Waals surface area (Å²) >= 11 is 0. The highest BCUT2D eigenvalue weighted by Gasteiger charge is 2.55. The molecule has 0 unspecified atom stereocenters. The Labute approximate surface area is 122 Å². The molecule has 2 fully saturated rings. The number of hydrogen-bond donors (Lipinski definition) is 0. The fraction of sp³-hybridized carbons (Fsp3) is 0.556. The van der Waals surface area contributed by atoms with Gasteiger partial charge in [0.25, 0.3) is 0 Å². The Morgan fingerprint density at radius 3 is 2.40 bits per heavy atom. The van der Waals surface area contributed by atoms with Crippen LogP contribution in [0.25, 0.3) is 0 Å². The monoisotopic (exact) mass is 284 g/mol. The Bertz CT molecular complexity index is 618. The van der Waals surface area contributed by atoms with Gasteiger partial charge in [-0.1, -0.05) is 29.3 Å². The number of hydrogen-bond acceptors (Lipinski definition) is 1. The molecule has 0 saturated heterocycles. The van der Waals surface area contributed by atoms with Gasteiger partial charge in [-0.15, -0.1) is 0 Å². The minimum absolute atomic E-state index is 0.403. The van der Waals surface area contributed by atoms with Gasteiger partial charge in [0.15, 0.2) is 0 Å². The summed E-state index contributed by atoms with van der Waals surface area (Å²) in [5.41, 5.74) is 3.65. The van der Waals surface area contributed by atoms with Crippen LogP contribution in [0.2, 0.25) is 0 Å². The second-order valence-electron chi connectivity index (χ2n) is 7.04. The first-order chi connectivity index (χ1) is 9.83. The Morgan fingerprint density at radius 1 is 0.850 bits per heavy atom. The summed E-state index contributed by atoms with van der Waals surface area (Å²) in [7, 11) is -0.804. The van der Waals surface area contributed by atoms with E-state index in [0.29, 0.717) is 11.2 Å². The van der Waals surface area contributed by atoms with E-state index in [1.165, 1.54) is 32.1 Å². The standard InChI is InChI=1S/C18H20OS/c19-20(14-4-2-1-3-5-14)16-10-13-9-15(16)18-12-7-6-11(8-12)17(13)18/h1-5,11-13,15-16H,6-10H2/t11-,12-,13+,15+,16-,20+/m0/s1. The molecule has 4 bridgehead atoms. The van der Waals surface area contributed by atoms with Gasteiger partial charge in [0, 0.05) is 10.1 Å². The molecular weight excluding hydrogens is 264 g/mol. The molecular formula is C18H20OS. The predicted molar refractivity (Wildman–Crippen MR) is 80.7 cm³/mol. The van der Waals surface area contributed by atoms with Crippen LogP contribution >= 0.6 is 0 Å². The Hall–Kier alpha value is -0.890. The quantitative estimate of drug-likeness (QED) is 0.594. The predicted octanol–water partition coefficient (Wildman–Crippen LogP) is 3.93. The van der Waals surface area contributed by atoms with Crippen molar-refractivity contribution < 1.29 is 4.21 Å². The SMILES string of the molecule is O=[S@](c1ccccc1)[C@H]1C[C@H]2C[C@H]1C1=C2[C@H]2CC[C@H]1C2. The van der Waals surface area contributed by atoms with Gasteiger partial charge in [-0.25, -0.2) is 0 Å². The lowest BCUT2D eigenvalue weighted by atomic mass is 9.82. The van der Waals surface area contributed by atoms with Crippen molar-refractivity contribution >= 4 is 10.8 Å². The number of allylic oxidation sites excluding steroid dienone is 2. The molecule has 1 aromatic rings. The van der Waals surface area contributed by atoms with E-state index in [0.717, 1.165) is 22.6 Å². The highest BCUT2D eigenvalue weighted by molar-refractivity contribution is 7.85. The van der Waals surface area contributed by atoms with Crippen molar-refractivity contribution in [2.24, 2.45) is 23.7 Å². The van der Waals surface area contributed by atoms with Crippen molar-refractivity contribution in [2.45, 2.75) is 42.2 Å². The molecule has 4 aliphatic rings. The molecule has 4 aliphatic carbocycles. The van der Waals surface area contributed by atoms with E-state index >= 15 is 0 Å². The molecule has 6 atom stereocenters. The van der Waals surface area contributed by atoms with Crippen LogP contribution in [-0.4, -0.2) is 9.46 Å². The van der Waals surface area contributed by atoms with Gasteiger partial charge in [-0.2, -0.15) is 0 Å². The maximum Gasteiger partial charge on any atom is 0.0567 e. The van der Waals surface area contributed by atoms with Gasteiger partial charge in [-0.05, 0) is 67.9 Å². The zero-order chi connectivity index (χ0) is 13.3. The van der Waals surface area contributed by atoms with Crippen LogP contribution < -0.4 is 0 Å². The smallest absolute Gasteiger partial charge is 0.0567 e. The van der Waals surface area contributed by atoms with Crippen molar-refractivity contribution in [1.29, 1.82) is 0 Å². The van der Waals surface area contributed by atoms with E-state index in [4.69, 9.17) is 0 Å². The average Bonchev–Trinajstić information content (AvgIpc) is 3.24. The molecule has 0 radical (unpaired) electrons. The van der Waals surface area contributed by atoms with Gasteiger partial charge in [0.05, 0.1) is 10.8 Å². The topological polar surface area (TPSA) is 17.1 Å². The van der Waals surface area contributed by atoms with Crippen LogP contribution in [-0.2, 0) is 10.8 Å². The normalized spacial score (nSPS) is 42.3. The van der Waals surface area contributed by atoms with Crippen molar-refractivity contribution in [1.82, 2.24) is 0 Å². The summed E-state index contributed by atoms with van der Waals surface area (Å²) in [6.45, 7) is 0. The third-order valence-corrected chi connectivity index (χ3v) is 8.05. The summed E-state index contributed by atoms with van der Waals surface area (Å²) < 4.78 is 12.9. The molecule has 104 valence electrons. The van der Waals surface area contributed by atoms with Crippen LogP contribution in [0.15, 0.2) is 46.4 Å². The number of benzene rings is 1. The molecule has 0 amide bonds. The van der Waals surface area contributed by atoms with Gasteiger partial charge < -0.3 is 0 Å². The minimum atomic E-state index is -0.804. The lowest BCUT2D eigenvalue weighted by Gasteiger charge is -2.29. The second kappa shape index (κ2) is 4.07. The molecule has 0 aliphatic heterocycles. The van der Waals surface area contributed by atoms with Crippen molar-refractivity contribution in [3.8, 4) is 0 Å². The molecule has 20 heavy (non-hydrogen) atoms. The molecule has 1 nitrogen and oxygen atoms in total. The Kier molecular flexibility index (Phi) is 2.39. The Morgan fingerprint density at radius 2 is 1.60 bits per heavy atom. The van der Waals surface area contributed by atoms with Crippen molar-refractivity contribution in [3.63, 3.8) is 0 Å². The van der Waals surface area contributed by atoms with Gasteiger partial charge in [0.1, 0.15) is 0 Å². The van der Waals surface area contributed by atoms with Crippen LogP contribution in [0.3, 0.4) is 0 Å². The first kappa shape index (κ1) is 11.7. The summed E-state index contributed by atoms with van der Waals surface area (Å²) in [6, 6.07) is 10.1. The van der Waals surface area contributed by atoms with Crippen LogP contribution in [0.5, 0.6) is 0 Å². The summed E-state index contributed by atoms with van der Waals surface area (Å²) in [6.07, 6.45) is 6.80. The first-order valence-corrected chi connectivity index (χ1v) is 9.23. The van der Waals surface area contributed by atoms with E-state index in [2.05, 4.69) is 0 Å². The van der Waals surface area contributed by atoms with E-state index in [-0.39, 0.29) is 0 Å². The highest BCUT2D eigenvalue weighted by Crippen LogP contribution is 2.64. The average molecular weight is 284 g/mol. The second-order valence-corrected chi connectivity index (χ2v) is 8.71. The fourth-order valence-electron chi connectivity index (χ4n) is 5.65. The lowest BCUT2D eigenvalue weighted by molar-refractivity contribution is 0.529. The first-order valence-electron chi connectivity index (χ1n) is 8.02. The zero-order valence-electron chi connectivity index (χ0n) is 11.6. The van der Waals surface area contributed by atoms with E-state index in [9.17, 15) is 4.21 Å². The van der Waals surface area contributed by atoms with Crippen LogP contribution in [0.1, 0.15) is 32.1 Å².